The van der Waals surface area contributed by atoms with Crippen molar-refractivity contribution in [1.82, 2.24) is 10.2 Å². The standard InChI is InChI=1S/C15H28F2N2O2/c1-11(2)13(5-8-20)18-15(21)9-12-3-6-19(7-4-12)10-14(16)17/h11-14,20H,3-10H2,1-2H3,(H,18,21). The van der Waals surface area contributed by atoms with Crippen molar-refractivity contribution in [3.8, 4) is 0 Å². The van der Waals surface area contributed by atoms with E-state index in [-0.39, 0.29) is 36.9 Å². The van der Waals surface area contributed by atoms with Crippen LogP contribution in [0.25, 0.3) is 0 Å². The monoisotopic (exact) mass is 306 g/mol. The van der Waals surface area contributed by atoms with Gasteiger partial charge in [-0.05, 0) is 44.2 Å². The van der Waals surface area contributed by atoms with E-state index in [9.17, 15) is 13.6 Å². The Labute approximate surface area is 125 Å². The van der Waals surface area contributed by atoms with Gasteiger partial charge >= 0.3 is 0 Å². The number of alkyl halides is 2. The van der Waals surface area contributed by atoms with Gasteiger partial charge in [-0.15, -0.1) is 0 Å². The van der Waals surface area contributed by atoms with Crippen LogP contribution >= 0.6 is 0 Å². The van der Waals surface area contributed by atoms with E-state index in [1.807, 2.05) is 13.8 Å². The lowest BCUT2D eigenvalue weighted by Crippen LogP contribution is -2.42. The van der Waals surface area contributed by atoms with Crippen LogP contribution in [0.4, 0.5) is 8.78 Å². The molecule has 1 aliphatic heterocycles. The van der Waals surface area contributed by atoms with E-state index in [1.165, 1.54) is 0 Å². The largest absolute Gasteiger partial charge is 0.396 e. The molecule has 0 spiro atoms. The molecule has 0 aliphatic carbocycles. The normalized spacial score (nSPS) is 19.2. The highest BCUT2D eigenvalue weighted by Crippen LogP contribution is 2.21. The van der Waals surface area contributed by atoms with Gasteiger partial charge < -0.3 is 10.4 Å². The van der Waals surface area contributed by atoms with Crippen LogP contribution < -0.4 is 5.32 Å². The second-order valence-corrected chi connectivity index (χ2v) is 6.27. The van der Waals surface area contributed by atoms with Gasteiger partial charge in [0.05, 0.1) is 6.54 Å². The number of aliphatic hydroxyl groups is 1. The van der Waals surface area contributed by atoms with Crippen molar-refractivity contribution in [1.29, 1.82) is 0 Å². The van der Waals surface area contributed by atoms with Crippen LogP contribution in [0.5, 0.6) is 0 Å². The number of carbonyl (C=O) groups excluding carboxylic acids is 1. The highest BCUT2D eigenvalue weighted by Gasteiger charge is 2.24. The summed E-state index contributed by atoms with van der Waals surface area (Å²) in [5.41, 5.74) is 0. The number of hydrogen-bond acceptors (Lipinski definition) is 3. The van der Waals surface area contributed by atoms with Crippen molar-refractivity contribution in [3.63, 3.8) is 0 Å². The Morgan fingerprint density at radius 3 is 2.43 bits per heavy atom. The number of carbonyl (C=O) groups is 1. The summed E-state index contributed by atoms with van der Waals surface area (Å²) in [6.07, 6.45) is 0.335. The van der Waals surface area contributed by atoms with Gasteiger partial charge in [0.25, 0.3) is 6.43 Å². The first-order valence-electron chi connectivity index (χ1n) is 7.83. The molecule has 1 unspecified atom stereocenters. The quantitative estimate of drug-likeness (QED) is 0.720. The molecule has 2 N–H and O–H groups in total. The molecule has 0 bridgehead atoms. The molecule has 4 nitrogen and oxygen atoms in total. The van der Waals surface area contributed by atoms with Crippen LogP contribution in [0.3, 0.4) is 0 Å². The summed E-state index contributed by atoms with van der Waals surface area (Å²) in [5, 5.41) is 12.0. The van der Waals surface area contributed by atoms with E-state index in [4.69, 9.17) is 5.11 Å². The molecule has 1 heterocycles. The van der Waals surface area contributed by atoms with Gasteiger partial charge in [-0.25, -0.2) is 8.78 Å². The molecule has 0 radical (unpaired) electrons. The molecule has 1 fully saturated rings. The first-order chi connectivity index (χ1) is 9.92. The molecule has 0 aromatic carbocycles. The minimum Gasteiger partial charge on any atom is -0.396 e. The van der Waals surface area contributed by atoms with Gasteiger partial charge in [0, 0.05) is 19.1 Å². The minimum absolute atomic E-state index is 0.00132. The van der Waals surface area contributed by atoms with Crippen LogP contribution in [0.15, 0.2) is 0 Å². The van der Waals surface area contributed by atoms with E-state index >= 15 is 0 Å². The lowest BCUT2D eigenvalue weighted by molar-refractivity contribution is -0.123. The van der Waals surface area contributed by atoms with Crippen LogP contribution in [-0.4, -0.2) is 54.6 Å². The number of hydrogen-bond donors (Lipinski definition) is 2. The van der Waals surface area contributed by atoms with Gasteiger partial charge in [-0.1, -0.05) is 13.8 Å². The smallest absolute Gasteiger partial charge is 0.251 e. The Morgan fingerprint density at radius 1 is 1.33 bits per heavy atom. The van der Waals surface area contributed by atoms with E-state index < -0.39 is 6.43 Å². The van der Waals surface area contributed by atoms with Gasteiger partial charge in [0.2, 0.25) is 5.91 Å². The third-order valence-electron chi connectivity index (χ3n) is 4.17. The molecule has 6 heteroatoms. The average Bonchev–Trinajstić information content (AvgIpc) is 2.40. The molecule has 124 valence electrons. The topological polar surface area (TPSA) is 52.6 Å². The zero-order valence-corrected chi connectivity index (χ0v) is 13.0. The summed E-state index contributed by atoms with van der Waals surface area (Å²) in [6.45, 7) is 5.23. The summed E-state index contributed by atoms with van der Waals surface area (Å²) in [4.78, 5) is 13.8. The summed E-state index contributed by atoms with van der Waals surface area (Å²) < 4.78 is 24.6. The molecule has 0 saturated carbocycles. The number of aliphatic hydroxyl groups excluding tert-OH is 1. The molecule has 1 saturated heterocycles. The number of likely N-dealkylation sites (tertiary alicyclic amines) is 1. The summed E-state index contributed by atoms with van der Waals surface area (Å²) in [6, 6.07) is 0.00132. The first-order valence-corrected chi connectivity index (χ1v) is 7.83. The van der Waals surface area contributed by atoms with Crippen molar-refractivity contribution < 1.29 is 18.7 Å². The maximum atomic E-state index is 12.3. The Balaban J connectivity index is 2.29. The average molecular weight is 306 g/mol. The fourth-order valence-electron chi connectivity index (χ4n) is 2.81. The van der Waals surface area contributed by atoms with Crippen molar-refractivity contribution in [2.75, 3.05) is 26.2 Å². The lowest BCUT2D eigenvalue weighted by Gasteiger charge is -2.31. The molecule has 1 rings (SSSR count). The maximum absolute atomic E-state index is 12.3. The summed E-state index contributed by atoms with van der Waals surface area (Å²) in [7, 11) is 0. The molecular formula is C15H28F2N2O2. The minimum atomic E-state index is -2.28. The molecule has 0 aromatic heterocycles. The van der Waals surface area contributed by atoms with Gasteiger partial charge in [-0.2, -0.15) is 0 Å². The van der Waals surface area contributed by atoms with Gasteiger partial charge in [-0.3, -0.25) is 9.69 Å². The van der Waals surface area contributed by atoms with Gasteiger partial charge in [0.1, 0.15) is 0 Å². The number of rotatable bonds is 8. The Morgan fingerprint density at radius 2 is 1.95 bits per heavy atom. The molecular weight excluding hydrogens is 278 g/mol. The number of halogens is 2. The van der Waals surface area contributed by atoms with Crippen LogP contribution in [0.1, 0.15) is 39.5 Å². The van der Waals surface area contributed by atoms with E-state index in [2.05, 4.69) is 5.32 Å². The molecule has 1 atom stereocenters. The Hall–Kier alpha value is -0.750. The number of amides is 1. The van der Waals surface area contributed by atoms with Crippen molar-refractivity contribution >= 4 is 5.91 Å². The number of nitrogens with one attached hydrogen (secondary N) is 1. The van der Waals surface area contributed by atoms with Gasteiger partial charge in [0.15, 0.2) is 0 Å². The van der Waals surface area contributed by atoms with Crippen LogP contribution in [0.2, 0.25) is 0 Å². The summed E-state index contributed by atoms with van der Waals surface area (Å²) >= 11 is 0. The second kappa shape index (κ2) is 9.30. The zero-order valence-electron chi connectivity index (χ0n) is 13.0. The molecule has 0 aromatic rings. The number of nitrogens with zero attached hydrogens (tertiary/aromatic N) is 1. The fraction of sp³-hybridized carbons (Fsp3) is 0.933. The maximum Gasteiger partial charge on any atom is 0.251 e. The predicted octanol–water partition coefficient (Wildman–Crippen LogP) is 1.88. The SMILES string of the molecule is CC(C)C(CCO)NC(=O)CC1CCN(CC(F)F)CC1. The predicted molar refractivity (Wildman–Crippen MR) is 78.3 cm³/mol. The second-order valence-electron chi connectivity index (χ2n) is 6.27. The zero-order chi connectivity index (χ0) is 15.8. The van der Waals surface area contributed by atoms with E-state index in [0.717, 1.165) is 12.8 Å². The third kappa shape index (κ3) is 7.18. The van der Waals surface area contributed by atoms with E-state index in [0.29, 0.717) is 25.9 Å². The first kappa shape index (κ1) is 18.3. The van der Waals surface area contributed by atoms with Crippen molar-refractivity contribution in [2.45, 2.75) is 52.0 Å². The molecule has 21 heavy (non-hydrogen) atoms. The van der Waals surface area contributed by atoms with Crippen LogP contribution in [0, 0.1) is 11.8 Å². The lowest BCUT2D eigenvalue weighted by atomic mass is 9.92. The van der Waals surface area contributed by atoms with Crippen LogP contribution in [-0.2, 0) is 4.79 Å². The number of piperidine rings is 1. The highest BCUT2D eigenvalue weighted by molar-refractivity contribution is 5.76. The van der Waals surface area contributed by atoms with Crippen molar-refractivity contribution in [3.05, 3.63) is 0 Å². The Bertz CT molecular complexity index is 306. The fourth-order valence-corrected chi connectivity index (χ4v) is 2.81. The van der Waals surface area contributed by atoms with E-state index in [1.54, 1.807) is 4.90 Å². The third-order valence-corrected chi connectivity index (χ3v) is 4.17. The molecule has 1 amide bonds. The van der Waals surface area contributed by atoms with Crippen molar-refractivity contribution in [2.24, 2.45) is 11.8 Å². The highest BCUT2D eigenvalue weighted by atomic mass is 19.3. The Kier molecular flexibility index (Phi) is 8.11. The summed E-state index contributed by atoms with van der Waals surface area (Å²) in [5.74, 6) is 0.573. The molecule has 1 aliphatic rings.